The molecule has 3 aromatic carbocycles. The highest BCUT2D eigenvalue weighted by molar-refractivity contribution is 8.00. The van der Waals surface area contributed by atoms with Gasteiger partial charge in [-0.1, -0.05) is 60.7 Å². The number of carbonyl (C=O) groups excluding carboxylic acids is 1. The Hall–Kier alpha value is -2.59. The molecule has 0 aliphatic rings. The molecule has 0 bridgehead atoms. The molecule has 1 amide bonds. The van der Waals surface area contributed by atoms with Gasteiger partial charge in [0, 0.05) is 11.4 Å². The summed E-state index contributed by atoms with van der Waals surface area (Å²) in [5.74, 6) is -0.346. The first-order valence-electron chi connectivity index (χ1n) is 8.01. The Morgan fingerprint density at radius 3 is 2.12 bits per heavy atom. The first-order chi connectivity index (χ1) is 12.2. The first-order valence-corrected chi connectivity index (χ1v) is 8.89. The lowest BCUT2D eigenvalue weighted by atomic mass is 10.1. The Morgan fingerprint density at radius 2 is 1.48 bits per heavy atom. The van der Waals surface area contributed by atoms with Crippen molar-refractivity contribution in [1.29, 1.82) is 0 Å². The van der Waals surface area contributed by atoms with Crippen molar-refractivity contribution in [2.24, 2.45) is 0 Å². The van der Waals surface area contributed by atoms with Gasteiger partial charge in [-0.05, 0) is 35.4 Å². The highest BCUT2D eigenvalue weighted by atomic mass is 32.2. The van der Waals surface area contributed by atoms with Gasteiger partial charge in [-0.3, -0.25) is 4.79 Å². The molecule has 2 nitrogen and oxygen atoms in total. The monoisotopic (exact) mass is 351 g/mol. The van der Waals surface area contributed by atoms with Crippen LogP contribution in [0.3, 0.4) is 0 Å². The summed E-state index contributed by atoms with van der Waals surface area (Å²) in [5.41, 5.74) is 1.82. The van der Waals surface area contributed by atoms with E-state index in [2.05, 4.69) is 5.32 Å². The number of nitrogens with one attached hydrogen (secondary N) is 1. The fraction of sp³-hybridized carbons (Fsp3) is 0.0952. The van der Waals surface area contributed by atoms with Crippen LogP contribution in [0.2, 0.25) is 0 Å². The molecule has 0 unspecified atom stereocenters. The average Bonchev–Trinajstić information content (AvgIpc) is 2.67. The van der Waals surface area contributed by atoms with E-state index in [4.69, 9.17) is 0 Å². The van der Waals surface area contributed by atoms with Gasteiger partial charge in [0.15, 0.2) is 0 Å². The summed E-state index contributed by atoms with van der Waals surface area (Å²) >= 11 is 1.52. The number of thioether (sulfide) groups is 1. The van der Waals surface area contributed by atoms with Crippen LogP contribution in [-0.2, 0) is 11.3 Å². The molecule has 0 aliphatic carbocycles. The van der Waals surface area contributed by atoms with E-state index < -0.39 is 0 Å². The Kier molecular flexibility index (Phi) is 5.86. The maximum absolute atomic E-state index is 13.0. The van der Waals surface area contributed by atoms with Gasteiger partial charge in [-0.25, -0.2) is 4.39 Å². The van der Waals surface area contributed by atoms with Crippen LogP contribution in [0.5, 0.6) is 0 Å². The molecule has 0 heterocycles. The Bertz CT molecular complexity index is 806. The Balaban J connectivity index is 1.74. The molecule has 126 valence electrons. The smallest absolute Gasteiger partial charge is 0.238 e. The fourth-order valence-corrected chi connectivity index (χ4v) is 3.49. The molecule has 0 aromatic heterocycles. The second-order valence-electron chi connectivity index (χ2n) is 5.57. The summed E-state index contributed by atoms with van der Waals surface area (Å²) in [7, 11) is 0. The maximum atomic E-state index is 13.0. The van der Waals surface area contributed by atoms with Gasteiger partial charge in [-0.2, -0.15) is 0 Å². The zero-order valence-corrected chi connectivity index (χ0v) is 14.4. The van der Waals surface area contributed by atoms with Crippen LogP contribution in [0.4, 0.5) is 4.39 Å². The Labute approximate surface area is 151 Å². The van der Waals surface area contributed by atoms with E-state index in [1.807, 2.05) is 60.7 Å². The topological polar surface area (TPSA) is 29.1 Å². The van der Waals surface area contributed by atoms with Crippen molar-refractivity contribution in [3.63, 3.8) is 0 Å². The van der Waals surface area contributed by atoms with Crippen LogP contribution < -0.4 is 5.32 Å². The number of halogens is 1. The van der Waals surface area contributed by atoms with E-state index in [9.17, 15) is 9.18 Å². The van der Waals surface area contributed by atoms with E-state index in [1.165, 1.54) is 23.9 Å². The summed E-state index contributed by atoms with van der Waals surface area (Å²) < 4.78 is 13.0. The van der Waals surface area contributed by atoms with Crippen molar-refractivity contribution >= 4 is 17.7 Å². The minimum absolute atomic E-state index is 0.0654. The second-order valence-corrected chi connectivity index (χ2v) is 6.74. The molecule has 1 N–H and O–H groups in total. The summed E-state index contributed by atoms with van der Waals surface area (Å²) in [4.78, 5) is 13.8. The first kappa shape index (κ1) is 17.2. The van der Waals surface area contributed by atoms with Crippen LogP contribution in [-0.4, -0.2) is 5.91 Å². The number of benzene rings is 3. The third kappa shape index (κ3) is 4.94. The number of rotatable bonds is 6. The lowest BCUT2D eigenvalue weighted by molar-refractivity contribution is -0.120. The fourth-order valence-electron chi connectivity index (χ4n) is 2.42. The highest BCUT2D eigenvalue weighted by Crippen LogP contribution is 2.35. The van der Waals surface area contributed by atoms with E-state index in [-0.39, 0.29) is 17.0 Å². The normalized spacial score (nSPS) is 11.7. The van der Waals surface area contributed by atoms with Gasteiger partial charge in [0.05, 0.1) is 0 Å². The predicted octanol–water partition coefficient (Wildman–Crippen LogP) is 4.98. The van der Waals surface area contributed by atoms with Crippen LogP contribution >= 0.6 is 11.8 Å². The predicted molar refractivity (Wildman–Crippen MR) is 99.7 cm³/mol. The molecule has 0 fully saturated rings. The van der Waals surface area contributed by atoms with Crippen molar-refractivity contribution in [2.75, 3.05) is 0 Å². The van der Waals surface area contributed by atoms with Gasteiger partial charge in [0.25, 0.3) is 0 Å². The molecule has 0 saturated carbocycles. The van der Waals surface area contributed by atoms with E-state index in [1.54, 1.807) is 12.1 Å². The molecule has 3 aromatic rings. The van der Waals surface area contributed by atoms with Crippen LogP contribution in [0, 0.1) is 5.82 Å². The van der Waals surface area contributed by atoms with E-state index in [0.29, 0.717) is 6.54 Å². The number of carbonyl (C=O) groups is 1. The standard InChI is InChI=1S/C21H18FNOS/c22-18-13-11-16(12-14-18)15-23-21(24)20(17-7-3-1-4-8-17)25-19-9-5-2-6-10-19/h1-14,20H,15H2,(H,23,24)/t20-/m1/s1. The third-order valence-electron chi connectivity index (χ3n) is 3.72. The van der Waals surface area contributed by atoms with Crippen molar-refractivity contribution < 1.29 is 9.18 Å². The lowest BCUT2D eigenvalue weighted by Crippen LogP contribution is -2.27. The van der Waals surface area contributed by atoms with Crippen LogP contribution in [0.25, 0.3) is 0 Å². The minimum Gasteiger partial charge on any atom is -0.351 e. The SMILES string of the molecule is O=C(NCc1ccc(F)cc1)[C@H](Sc1ccccc1)c1ccccc1. The molecule has 0 radical (unpaired) electrons. The molecule has 1 atom stereocenters. The van der Waals surface area contributed by atoms with E-state index >= 15 is 0 Å². The number of hydrogen-bond acceptors (Lipinski definition) is 2. The zero-order valence-electron chi connectivity index (χ0n) is 13.6. The minimum atomic E-state index is -0.343. The molecular formula is C21H18FNOS. The molecule has 0 spiro atoms. The molecule has 0 aliphatic heterocycles. The van der Waals surface area contributed by atoms with Gasteiger partial charge >= 0.3 is 0 Å². The lowest BCUT2D eigenvalue weighted by Gasteiger charge is -2.17. The zero-order chi connectivity index (χ0) is 17.5. The summed E-state index contributed by atoms with van der Waals surface area (Å²) in [6, 6.07) is 25.7. The maximum Gasteiger partial charge on any atom is 0.238 e. The van der Waals surface area contributed by atoms with Crippen molar-refractivity contribution in [1.82, 2.24) is 5.32 Å². The summed E-state index contributed by atoms with van der Waals surface area (Å²) in [6.07, 6.45) is 0. The quantitative estimate of drug-likeness (QED) is 0.635. The molecular weight excluding hydrogens is 333 g/mol. The number of amides is 1. The Morgan fingerprint density at radius 1 is 0.880 bits per heavy atom. The van der Waals surface area contributed by atoms with Gasteiger partial charge in [0.2, 0.25) is 5.91 Å². The van der Waals surface area contributed by atoms with E-state index in [0.717, 1.165) is 16.0 Å². The van der Waals surface area contributed by atoms with Crippen molar-refractivity contribution in [2.45, 2.75) is 16.7 Å². The summed E-state index contributed by atoms with van der Waals surface area (Å²) in [5, 5.41) is 2.61. The molecule has 3 rings (SSSR count). The molecule has 4 heteroatoms. The van der Waals surface area contributed by atoms with Crippen molar-refractivity contribution in [3.8, 4) is 0 Å². The number of hydrogen-bond donors (Lipinski definition) is 1. The highest BCUT2D eigenvalue weighted by Gasteiger charge is 2.21. The summed E-state index contributed by atoms with van der Waals surface area (Å²) in [6.45, 7) is 0.373. The molecule has 0 saturated heterocycles. The largest absolute Gasteiger partial charge is 0.351 e. The van der Waals surface area contributed by atoms with Gasteiger partial charge in [0.1, 0.15) is 11.1 Å². The average molecular weight is 351 g/mol. The molecule has 25 heavy (non-hydrogen) atoms. The van der Waals surface area contributed by atoms with Crippen molar-refractivity contribution in [3.05, 3.63) is 102 Å². The second kappa shape index (κ2) is 8.49. The third-order valence-corrected chi connectivity index (χ3v) is 4.98. The van der Waals surface area contributed by atoms with Crippen LogP contribution in [0.1, 0.15) is 16.4 Å². The van der Waals surface area contributed by atoms with Gasteiger partial charge in [-0.15, -0.1) is 11.8 Å². The van der Waals surface area contributed by atoms with Gasteiger partial charge < -0.3 is 5.32 Å². The van der Waals surface area contributed by atoms with Crippen LogP contribution in [0.15, 0.2) is 89.8 Å².